The van der Waals surface area contributed by atoms with Crippen LogP contribution >= 0.6 is 0 Å². The minimum absolute atomic E-state index is 0.635. The molecule has 5 heteroatoms. The lowest BCUT2D eigenvalue weighted by Gasteiger charge is -2.07. The van der Waals surface area contributed by atoms with Gasteiger partial charge in [0.25, 0.3) is 0 Å². The molecule has 5 nitrogen and oxygen atoms in total. The number of benzene rings is 2. The molecule has 0 atom stereocenters. The van der Waals surface area contributed by atoms with Crippen LogP contribution in [0.3, 0.4) is 0 Å². The number of imidazole rings is 1. The summed E-state index contributed by atoms with van der Waals surface area (Å²) in [7, 11) is 0. The molecule has 5 N–H and O–H groups in total. The van der Waals surface area contributed by atoms with Crippen molar-refractivity contribution in [3.05, 3.63) is 47.7 Å². The van der Waals surface area contributed by atoms with Gasteiger partial charge in [0.15, 0.2) is 0 Å². The first kappa shape index (κ1) is 13.6. The molecule has 0 bridgehead atoms. The lowest BCUT2D eigenvalue weighted by molar-refractivity contribution is 1.30. The van der Waals surface area contributed by atoms with Crippen LogP contribution in [0.15, 0.2) is 36.5 Å². The van der Waals surface area contributed by atoms with Gasteiger partial charge in [0, 0.05) is 17.3 Å². The standard InChI is InChI=1S/C18H17N5/c1-9-3-5-15-17(10(9)2)23-18(22-15)13-8-21-14-6-4-11(19)7-12(14)16(13)20/h3-8H,19H2,1-2H3,(H2,20,21)(H,22,23). The number of nitrogens with zero attached hydrogens (tertiary/aromatic N) is 2. The van der Waals surface area contributed by atoms with Crippen molar-refractivity contribution in [2.45, 2.75) is 13.8 Å². The SMILES string of the molecule is Cc1ccc2nc(-c3cnc4ccc(N)cc4c3N)[nH]c2c1C. The van der Waals surface area contributed by atoms with Gasteiger partial charge in [-0.3, -0.25) is 4.98 Å². The van der Waals surface area contributed by atoms with Gasteiger partial charge in [-0.25, -0.2) is 4.98 Å². The number of nitrogens with two attached hydrogens (primary N) is 2. The molecule has 0 radical (unpaired) electrons. The summed E-state index contributed by atoms with van der Waals surface area (Å²) in [6, 6.07) is 9.63. The first-order chi connectivity index (χ1) is 11.0. The van der Waals surface area contributed by atoms with E-state index in [1.165, 1.54) is 11.1 Å². The van der Waals surface area contributed by atoms with Crippen molar-refractivity contribution in [1.82, 2.24) is 15.0 Å². The molecule has 2 aromatic carbocycles. The summed E-state index contributed by atoms with van der Waals surface area (Å²) in [5, 5.41) is 0.843. The van der Waals surface area contributed by atoms with Crippen LogP contribution in [0.2, 0.25) is 0 Å². The number of nitrogens with one attached hydrogen (secondary N) is 1. The van der Waals surface area contributed by atoms with Crippen molar-refractivity contribution in [3.63, 3.8) is 0 Å². The average Bonchev–Trinajstić information content (AvgIpc) is 2.97. The molecule has 0 aliphatic carbocycles. The molecule has 4 rings (SSSR count). The third-order valence-corrected chi connectivity index (χ3v) is 4.38. The Hall–Kier alpha value is -3.08. The highest BCUT2D eigenvalue weighted by Crippen LogP contribution is 2.32. The topological polar surface area (TPSA) is 93.6 Å². The number of aryl methyl sites for hydroxylation is 2. The minimum Gasteiger partial charge on any atom is -0.399 e. The number of aromatic nitrogens is 3. The van der Waals surface area contributed by atoms with Crippen LogP contribution < -0.4 is 11.5 Å². The van der Waals surface area contributed by atoms with Crippen molar-refractivity contribution in [2.24, 2.45) is 0 Å². The molecule has 0 spiro atoms. The molecule has 4 aromatic rings. The van der Waals surface area contributed by atoms with E-state index in [-0.39, 0.29) is 0 Å². The fourth-order valence-electron chi connectivity index (χ4n) is 2.87. The molecule has 0 aliphatic rings. The number of H-pyrrole nitrogens is 1. The maximum absolute atomic E-state index is 6.35. The number of rotatable bonds is 1. The number of pyridine rings is 1. The van der Waals surface area contributed by atoms with Gasteiger partial charge in [-0.15, -0.1) is 0 Å². The lowest BCUT2D eigenvalue weighted by Crippen LogP contribution is -1.96. The van der Waals surface area contributed by atoms with E-state index in [9.17, 15) is 0 Å². The number of fused-ring (bicyclic) bond motifs is 2. The maximum Gasteiger partial charge on any atom is 0.142 e. The van der Waals surface area contributed by atoms with E-state index in [1.54, 1.807) is 6.20 Å². The summed E-state index contributed by atoms with van der Waals surface area (Å²) < 4.78 is 0. The van der Waals surface area contributed by atoms with E-state index in [1.807, 2.05) is 24.3 Å². The van der Waals surface area contributed by atoms with Crippen LogP contribution in [0.25, 0.3) is 33.3 Å². The predicted octanol–water partition coefficient (Wildman–Crippen LogP) is 3.56. The van der Waals surface area contributed by atoms with Crippen molar-refractivity contribution >= 4 is 33.3 Å². The molecule has 0 unspecified atom stereocenters. The van der Waals surface area contributed by atoms with Crippen LogP contribution in [0.1, 0.15) is 11.1 Å². The second-order valence-corrected chi connectivity index (χ2v) is 5.85. The highest BCUT2D eigenvalue weighted by atomic mass is 14.9. The maximum atomic E-state index is 6.35. The zero-order valence-corrected chi connectivity index (χ0v) is 13.0. The van der Waals surface area contributed by atoms with Gasteiger partial charge in [0.2, 0.25) is 0 Å². The first-order valence-electron chi connectivity index (χ1n) is 7.44. The van der Waals surface area contributed by atoms with E-state index in [4.69, 9.17) is 11.5 Å². The van der Waals surface area contributed by atoms with Crippen LogP contribution in [0, 0.1) is 13.8 Å². The van der Waals surface area contributed by atoms with Gasteiger partial charge < -0.3 is 16.5 Å². The molecule has 0 aliphatic heterocycles. The van der Waals surface area contributed by atoms with E-state index < -0.39 is 0 Å². The number of aromatic amines is 1. The lowest BCUT2D eigenvalue weighted by atomic mass is 10.1. The molecule has 0 fully saturated rings. The summed E-state index contributed by atoms with van der Waals surface area (Å²) in [5.41, 5.74) is 19.5. The first-order valence-corrected chi connectivity index (χ1v) is 7.44. The second kappa shape index (κ2) is 4.71. The fourth-order valence-corrected chi connectivity index (χ4v) is 2.87. The van der Waals surface area contributed by atoms with Crippen LogP contribution in [0.4, 0.5) is 11.4 Å². The Morgan fingerprint density at radius 1 is 1.00 bits per heavy atom. The van der Waals surface area contributed by atoms with Crippen LogP contribution in [-0.4, -0.2) is 15.0 Å². The summed E-state index contributed by atoms with van der Waals surface area (Å²) >= 11 is 0. The highest BCUT2D eigenvalue weighted by Gasteiger charge is 2.13. The zero-order valence-electron chi connectivity index (χ0n) is 13.0. The van der Waals surface area contributed by atoms with Crippen molar-refractivity contribution in [2.75, 3.05) is 11.5 Å². The normalized spacial score (nSPS) is 11.4. The average molecular weight is 303 g/mol. The van der Waals surface area contributed by atoms with Gasteiger partial charge >= 0.3 is 0 Å². The smallest absolute Gasteiger partial charge is 0.142 e. The minimum atomic E-state index is 0.635. The van der Waals surface area contributed by atoms with Gasteiger partial charge in [-0.2, -0.15) is 0 Å². The number of hydrogen-bond acceptors (Lipinski definition) is 4. The summed E-state index contributed by atoms with van der Waals surface area (Å²) in [6.45, 7) is 4.17. The third-order valence-electron chi connectivity index (χ3n) is 4.38. The Balaban J connectivity index is 1.99. The van der Waals surface area contributed by atoms with Crippen molar-refractivity contribution < 1.29 is 0 Å². The summed E-state index contributed by atoms with van der Waals surface area (Å²) in [4.78, 5) is 12.5. The van der Waals surface area contributed by atoms with E-state index in [0.717, 1.165) is 33.3 Å². The number of hydrogen-bond donors (Lipinski definition) is 3. The Bertz CT molecular complexity index is 1060. The largest absolute Gasteiger partial charge is 0.399 e. The molecule has 0 saturated carbocycles. The molecular weight excluding hydrogens is 286 g/mol. The molecule has 0 amide bonds. The summed E-state index contributed by atoms with van der Waals surface area (Å²) in [6.07, 6.45) is 1.76. The Morgan fingerprint density at radius 3 is 2.61 bits per heavy atom. The third kappa shape index (κ3) is 2.01. The van der Waals surface area contributed by atoms with Crippen LogP contribution in [0.5, 0.6) is 0 Å². The molecule has 2 aromatic heterocycles. The zero-order chi connectivity index (χ0) is 16.1. The van der Waals surface area contributed by atoms with E-state index >= 15 is 0 Å². The second-order valence-electron chi connectivity index (χ2n) is 5.85. The van der Waals surface area contributed by atoms with Crippen molar-refractivity contribution in [1.29, 1.82) is 0 Å². The Kier molecular flexibility index (Phi) is 2.78. The molecule has 114 valence electrons. The number of nitrogen functional groups attached to an aromatic ring is 2. The molecule has 23 heavy (non-hydrogen) atoms. The Labute approximate surface area is 133 Å². The monoisotopic (exact) mass is 303 g/mol. The van der Waals surface area contributed by atoms with Crippen molar-refractivity contribution in [3.8, 4) is 11.4 Å². The molecule has 2 heterocycles. The Morgan fingerprint density at radius 2 is 1.78 bits per heavy atom. The fraction of sp³-hybridized carbons (Fsp3) is 0.111. The van der Waals surface area contributed by atoms with E-state index in [2.05, 4.69) is 34.9 Å². The van der Waals surface area contributed by atoms with Gasteiger partial charge in [-0.05, 0) is 49.2 Å². The predicted molar refractivity (Wildman–Crippen MR) is 95.1 cm³/mol. The van der Waals surface area contributed by atoms with Gasteiger partial charge in [0.1, 0.15) is 5.82 Å². The quantitative estimate of drug-likeness (QED) is 0.469. The number of anilines is 2. The highest BCUT2D eigenvalue weighted by molar-refractivity contribution is 5.99. The van der Waals surface area contributed by atoms with Gasteiger partial charge in [0.05, 0.1) is 27.8 Å². The van der Waals surface area contributed by atoms with Crippen LogP contribution in [-0.2, 0) is 0 Å². The molecule has 0 saturated heterocycles. The summed E-state index contributed by atoms with van der Waals surface area (Å²) in [5.74, 6) is 0.725. The van der Waals surface area contributed by atoms with Gasteiger partial charge in [-0.1, -0.05) is 6.07 Å². The molecular formula is C18H17N5. The van der Waals surface area contributed by atoms with E-state index in [0.29, 0.717) is 11.4 Å².